The standard InChI is InChI=1S/C18H14ClF2N3O4S/c19-17-14(5-2-7-22-17)16-15(21)11(6-8-23-18(25)26)10-24(16)29(27,28)13-4-1-3-12(20)9-13/h1-5,7,9-10,23H,6,8H2,(H,25,26). The lowest BCUT2D eigenvalue weighted by atomic mass is 10.1. The summed E-state index contributed by atoms with van der Waals surface area (Å²) in [5.74, 6) is -1.67. The van der Waals surface area contributed by atoms with E-state index in [0.717, 1.165) is 18.3 Å². The fourth-order valence-electron chi connectivity index (χ4n) is 2.72. The summed E-state index contributed by atoms with van der Waals surface area (Å²) in [6, 6.07) is 7.14. The number of pyridine rings is 1. The molecule has 0 saturated carbocycles. The molecule has 3 aromatic rings. The van der Waals surface area contributed by atoms with Crippen molar-refractivity contribution >= 4 is 27.7 Å². The molecular formula is C18H14ClF2N3O4S. The Morgan fingerprint density at radius 3 is 2.66 bits per heavy atom. The molecule has 0 fully saturated rings. The summed E-state index contributed by atoms with van der Waals surface area (Å²) < 4.78 is 55.6. The Labute approximate surface area is 169 Å². The second-order valence-corrected chi connectivity index (χ2v) is 8.07. The van der Waals surface area contributed by atoms with E-state index in [9.17, 15) is 17.6 Å². The minimum Gasteiger partial charge on any atom is -0.465 e. The van der Waals surface area contributed by atoms with E-state index in [1.807, 2.05) is 0 Å². The van der Waals surface area contributed by atoms with E-state index in [0.29, 0.717) is 3.97 Å². The molecule has 0 radical (unpaired) electrons. The van der Waals surface area contributed by atoms with Gasteiger partial charge >= 0.3 is 6.09 Å². The lowest BCUT2D eigenvalue weighted by molar-refractivity contribution is 0.194. The van der Waals surface area contributed by atoms with Crippen LogP contribution in [0.3, 0.4) is 0 Å². The van der Waals surface area contributed by atoms with Gasteiger partial charge in [-0.1, -0.05) is 17.7 Å². The summed E-state index contributed by atoms with van der Waals surface area (Å²) in [5, 5.41) is 10.6. The molecule has 29 heavy (non-hydrogen) atoms. The van der Waals surface area contributed by atoms with Crippen LogP contribution in [0.5, 0.6) is 0 Å². The van der Waals surface area contributed by atoms with E-state index in [1.165, 1.54) is 30.5 Å². The number of hydrogen-bond acceptors (Lipinski definition) is 4. The van der Waals surface area contributed by atoms with Crippen LogP contribution in [0.1, 0.15) is 5.56 Å². The molecule has 0 aliphatic rings. The molecule has 0 atom stereocenters. The lowest BCUT2D eigenvalue weighted by Gasteiger charge is -2.11. The first-order valence-electron chi connectivity index (χ1n) is 8.20. The van der Waals surface area contributed by atoms with Gasteiger partial charge in [-0.3, -0.25) is 0 Å². The zero-order valence-electron chi connectivity index (χ0n) is 14.6. The smallest absolute Gasteiger partial charge is 0.404 e. The number of hydrogen-bond donors (Lipinski definition) is 2. The zero-order valence-corrected chi connectivity index (χ0v) is 16.2. The van der Waals surface area contributed by atoms with Gasteiger partial charge in [0.2, 0.25) is 0 Å². The number of benzene rings is 1. The Hall–Kier alpha value is -2.98. The minimum atomic E-state index is -4.39. The third-order valence-corrected chi connectivity index (χ3v) is 5.98. The van der Waals surface area contributed by atoms with Crippen molar-refractivity contribution in [2.45, 2.75) is 11.3 Å². The van der Waals surface area contributed by atoms with Gasteiger partial charge in [0.1, 0.15) is 16.7 Å². The number of nitrogens with one attached hydrogen (secondary N) is 1. The molecule has 1 amide bonds. The minimum absolute atomic E-state index is 0.0177. The first-order valence-corrected chi connectivity index (χ1v) is 10.0. The topological polar surface area (TPSA) is 101 Å². The molecule has 2 N–H and O–H groups in total. The van der Waals surface area contributed by atoms with Crippen LogP contribution >= 0.6 is 11.6 Å². The van der Waals surface area contributed by atoms with E-state index < -0.39 is 27.8 Å². The molecule has 2 aromatic heterocycles. The van der Waals surface area contributed by atoms with Crippen molar-refractivity contribution < 1.29 is 27.1 Å². The van der Waals surface area contributed by atoms with E-state index in [1.54, 1.807) is 0 Å². The SMILES string of the molecule is O=C(O)NCCc1cn(S(=O)(=O)c2cccc(F)c2)c(-c2cccnc2Cl)c1F. The third kappa shape index (κ3) is 4.22. The molecule has 152 valence electrons. The van der Waals surface area contributed by atoms with Crippen molar-refractivity contribution in [2.24, 2.45) is 0 Å². The largest absolute Gasteiger partial charge is 0.465 e. The van der Waals surface area contributed by atoms with Gasteiger partial charge in [-0.25, -0.2) is 30.9 Å². The van der Waals surface area contributed by atoms with Crippen LogP contribution in [-0.2, 0) is 16.4 Å². The molecule has 7 nitrogen and oxygen atoms in total. The number of halogens is 3. The third-order valence-electron chi connectivity index (χ3n) is 4.02. The highest BCUT2D eigenvalue weighted by Crippen LogP contribution is 2.34. The van der Waals surface area contributed by atoms with Crippen molar-refractivity contribution in [1.82, 2.24) is 14.3 Å². The van der Waals surface area contributed by atoms with Crippen LogP contribution in [0.25, 0.3) is 11.3 Å². The highest BCUT2D eigenvalue weighted by atomic mass is 35.5. The molecule has 0 bridgehead atoms. The molecule has 3 rings (SSSR count). The molecule has 0 spiro atoms. The van der Waals surface area contributed by atoms with Crippen LogP contribution in [0.2, 0.25) is 5.15 Å². The second kappa shape index (κ2) is 8.18. The maximum Gasteiger partial charge on any atom is 0.404 e. The van der Waals surface area contributed by atoms with Gasteiger partial charge in [-0.15, -0.1) is 0 Å². The van der Waals surface area contributed by atoms with Gasteiger partial charge in [0.05, 0.1) is 4.90 Å². The van der Waals surface area contributed by atoms with Crippen molar-refractivity contribution in [3.63, 3.8) is 0 Å². The van der Waals surface area contributed by atoms with E-state index in [2.05, 4.69) is 10.3 Å². The number of carbonyl (C=O) groups is 1. The summed E-state index contributed by atoms with van der Waals surface area (Å²) >= 11 is 6.04. The number of aromatic nitrogens is 2. The Balaban J connectivity index is 2.19. The van der Waals surface area contributed by atoms with Crippen LogP contribution in [0.4, 0.5) is 13.6 Å². The first-order chi connectivity index (χ1) is 13.7. The van der Waals surface area contributed by atoms with Crippen molar-refractivity contribution in [2.75, 3.05) is 6.54 Å². The number of amides is 1. The van der Waals surface area contributed by atoms with Gasteiger partial charge < -0.3 is 10.4 Å². The van der Waals surface area contributed by atoms with Gasteiger partial charge in [0.25, 0.3) is 10.0 Å². The van der Waals surface area contributed by atoms with Gasteiger partial charge in [-0.2, -0.15) is 0 Å². The average molecular weight is 442 g/mol. The normalized spacial score (nSPS) is 11.4. The molecule has 0 saturated heterocycles. The Kier molecular flexibility index (Phi) is 5.85. The van der Waals surface area contributed by atoms with Crippen LogP contribution < -0.4 is 5.32 Å². The van der Waals surface area contributed by atoms with E-state index in [-0.39, 0.29) is 39.8 Å². The maximum absolute atomic E-state index is 15.2. The highest BCUT2D eigenvalue weighted by Gasteiger charge is 2.28. The van der Waals surface area contributed by atoms with Gasteiger partial charge in [-0.05, 0) is 36.8 Å². The fraction of sp³-hybridized carbons (Fsp3) is 0.111. The van der Waals surface area contributed by atoms with E-state index >= 15 is 4.39 Å². The zero-order chi connectivity index (χ0) is 21.2. The summed E-state index contributed by atoms with van der Waals surface area (Å²) in [4.78, 5) is 14.1. The second-order valence-electron chi connectivity index (χ2n) is 5.90. The molecule has 0 unspecified atom stereocenters. The maximum atomic E-state index is 15.2. The van der Waals surface area contributed by atoms with Crippen molar-refractivity contribution in [1.29, 1.82) is 0 Å². The Bertz CT molecular complexity index is 1180. The van der Waals surface area contributed by atoms with Crippen molar-refractivity contribution in [3.05, 3.63) is 71.1 Å². The van der Waals surface area contributed by atoms with E-state index in [4.69, 9.17) is 16.7 Å². The summed E-state index contributed by atoms with van der Waals surface area (Å²) in [7, 11) is -4.39. The molecule has 0 aliphatic heterocycles. The lowest BCUT2D eigenvalue weighted by Crippen LogP contribution is -2.23. The first kappa shape index (κ1) is 20.7. The fourth-order valence-corrected chi connectivity index (χ4v) is 4.35. The van der Waals surface area contributed by atoms with Crippen LogP contribution in [0, 0.1) is 11.6 Å². The number of rotatable bonds is 6. The predicted molar refractivity (Wildman–Crippen MR) is 101 cm³/mol. The highest BCUT2D eigenvalue weighted by molar-refractivity contribution is 7.90. The number of carboxylic acid groups (broad SMARTS) is 1. The quantitative estimate of drug-likeness (QED) is 0.570. The molecule has 2 heterocycles. The number of nitrogens with zero attached hydrogens (tertiary/aromatic N) is 2. The summed E-state index contributed by atoms with van der Waals surface area (Å²) in [5.41, 5.74) is -0.421. The Morgan fingerprint density at radius 1 is 1.24 bits per heavy atom. The van der Waals surface area contributed by atoms with Crippen molar-refractivity contribution in [3.8, 4) is 11.3 Å². The molecule has 11 heteroatoms. The monoisotopic (exact) mass is 441 g/mol. The molecule has 1 aromatic carbocycles. The van der Waals surface area contributed by atoms with Gasteiger partial charge in [0, 0.05) is 30.1 Å². The average Bonchev–Trinajstić information content (AvgIpc) is 2.99. The Morgan fingerprint density at radius 2 is 2.00 bits per heavy atom. The van der Waals surface area contributed by atoms with Gasteiger partial charge in [0.15, 0.2) is 5.82 Å². The summed E-state index contributed by atoms with van der Waals surface area (Å²) in [6.45, 7) is -0.142. The summed E-state index contributed by atoms with van der Waals surface area (Å²) in [6.07, 6.45) is 0.968. The molecular weight excluding hydrogens is 428 g/mol. The predicted octanol–water partition coefficient (Wildman–Crippen LogP) is 3.53. The van der Waals surface area contributed by atoms with Crippen LogP contribution in [0.15, 0.2) is 53.7 Å². The molecule has 0 aliphatic carbocycles. The van der Waals surface area contributed by atoms with Crippen LogP contribution in [-0.4, -0.2) is 35.1 Å².